The van der Waals surface area contributed by atoms with Crippen LogP contribution in [0.2, 0.25) is 0 Å². The zero-order valence-electron chi connectivity index (χ0n) is 13.3. The van der Waals surface area contributed by atoms with Gasteiger partial charge in [-0.05, 0) is 29.8 Å². The number of benzene rings is 2. The number of esters is 1. The van der Waals surface area contributed by atoms with Crippen molar-refractivity contribution in [3.8, 4) is 5.75 Å². The van der Waals surface area contributed by atoms with E-state index in [4.69, 9.17) is 14.6 Å². The Morgan fingerprint density at radius 1 is 1.00 bits per heavy atom. The standard InChI is InChI=1S/C18H19NO5/c1-23-16-9-7-15(8-10-16)19(11-17(20)21)12-18(22)24-13-14-5-3-2-4-6-14/h2-10H,11-13H2,1H3,(H,20,21). The van der Waals surface area contributed by atoms with Gasteiger partial charge in [-0.25, -0.2) is 0 Å². The summed E-state index contributed by atoms with van der Waals surface area (Å²) >= 11 is 0. The predicted molar refractivity (Wildman–Crippen MR) is 89.1 cm³/mol. The molecule has 2 rings (SSSR count). The third kappa shape index (κ3) is 5.31. The Hall–Kier alpha value is -3.02. The lowest BCUT2D eigenvalue weighted by atomic mass is 10.2. The molecule has 0 spiro atoms. The summed E-state index contributed by atoms with van der Waals surface area (Å²) in [5.41, 5.74) is 1.48. The third-order valence-corrected chi connectivity index (χ3v) is 3.33. The largest absolute Gasteiger partial charge is 0.497 e. The minimum atomic E-state index is -1.03. The van der Waals surface area contributed by atoms with E-state index in [-0.39, 0.29) is 19.7 Å². The Morgan fingerprint density at radius 2 is 1.67 bits per heavy atom. The molecule has 0 unspecified atom stereocenters. The SMILES string of the molecule is COc1ccc(N(CC(=O)O)CC(=O)OCc2ccccc2)cc1. The predicted octanol–water partition coefficient (Wildman–Crippen LogP) is 2.33. The smallest absolute Gasteiger partial charge is 0.325 e. The molecule has 1 N–H and O–H groups in total. The summed E-state index contributed by atoms with van der Waals surface area (Å²) in [7, 11) is 1.55. The second kappa shape index (κ2) is 8.57. The first-order valence-corrected chi connectivity index (χ1v) is 7.39. The van der Waals surface area contributed by atoms with Crippen molar-refractivity contribution in [1.29, 1.82) is 0 Å². The molecule has 2 aromatic carbocycles. The molecule has 126 valence electrons. The van der Waals surface area contributed by atoms with Crippen molar-refractivity contribution in [1.82, 2.24) is 0 Å². The number of nitrogens with zero attached hydrogens (tertiary/aromatic N) is 1. The van der Waals surface area contributed by atoms with Crippen molar-refractivity contribution in [2.75, 3.05) is 25.1 Å². The van der Waals surface area contributed by atoms with E-state index in [2.05, 4.69) is 0 Å². The van der Waals surface area contributed by atoms with Crippen molar-refractivity contribution < 1.29 is 24.2 Å². The van der Waals surface area contributed by atoms with E-state index in [0.29, 0.717) is 11.4 Å². The molecule has 0 fully saturated rings. The van der Waals surface area contributed by atoms with Gasteiger partial charge >= 0.3 is 11.9 Å². The number of ether oxygens (including phenoxy) is 2. The number of methoxy groups -OCH3 is 1. The molecule has 0 aliphatic heterocycles. The summed E-state index contributed by atoms with van der Waals surface area (Å²) in [6.45, 7) is -0.290. The average Bonchev–Trinajstić information content (AvgIpc) is 2.60. The molecular weight excluding hydrogens is 310 g/mol. The van der Waals surface area contributed by atoms with Gasteiger partial charge < -0.3 is 19.5 Å². The Balaban J connectivity index is 1.99. The van der Waals surface area contributed by atoms with Crippen LogP contribution in [0.15, 0.2) is 54.6 Å². The van der Waals surface area contributed by atoms with Crippen molar-refractivity contribution in [3.05, 3.63) is 60.2 Å². The van der Waals surface area contributed by atoms with Crippen LogP contribution in [0.3, 0.4) is 0 Å². The lowest BCUT2D eigenvalue weighted by molar-refractivity contribution is -0.143. The summed E-state index contributed by atoms with van der Waals surface area (Å²) in [5.74, 6) is -0.863. The van der Waals surface area contributed by atoms with E-state index >= 15 is 0 Å². The third-order valence-electron chi connectivity index (χ3n) is 3.33. The van der Waals surface area contributed by atoms with E-state index in [9.17, 15) is 9.59 Å². The number of carboxylic acids is 1. The zero-order chi connectivity index (χ0) is 17.4. The number of anilines is 1. The van der Waals surface area contributed by atoms with Gasteiger partial charge in [0.1, 0.15) is 25.4 Å². The highest BCUT2D eigenvalue weighted by Gasteiger charge is 2.16. The number of rotatable bonds is 8. The molecule has 0 atom stereocenters. The first kappa shape index (κ1) is 17.3. The molecular formula is C18H19NO5. The fourth-order valence-electron chi connectivity index (χ4n) is 2.13. The highest BCUT2D eigenvalue weighted by atomic mass is 16.5. The molecule has 6 heteroatoms. The number of hydrogen-bond acceptors (Lipinski definition) is 5. The average molecular weight is 329 g/mol. The lowest BCUT2D eigenvalue weighted by Gasteiger charge is -2.22. The quantitative estimate of drug-likeness (QED) is 0.749. The number of aliphatic carboxylic acids is 1. The number of hydrogen-bond donors (Lipinski definition) is 1. The van der Waals surface area contributed by atoms with Gasteiger partial charge in [0.2, 0.25) is 0 Å². The topological polar surface area (TPSA) is 76.1 Å². The van der Waals surface area contributed by atoms with Gasteiger partial charge in [-0.2, -0.15) is 0 Å². The van der Waals surface area contributed by atoms with Gasteiger partial charge in [0, 0.05) is 5.69 Å². The maximum atomic E-state index is 12.0. The number of carboxylic acid groups (broad SMARTS) is 1. The van der Waals surface area contributed by atoms with Crippen molar-refractivity contribution in [2.24, 2.45) is 0 Å². The molecule has 0 bridgehead atoms. The molecule has 0 aromatic heterocycles. The van der Waals surface area contributed by atoms with E-state index in [1.807, 2.05) is 30.3 Å². The summed E-state index contributed by atoms with van der Waals surface area (Å²) in [4.78, 5) is 24.5. The van der Waals surface area contributed by atoms with Crippen LogP contribution < -0.4 is 9.64 Å². The molecule has 0 radical (unpaired) electrons. The summed E-state index contributed by atoms with van der Waals surface area (Å²) in [6.07, 6.45) is 0. The fourth-order valence-corrected chi connectivity index (χ4v) is 2.13. The van der Waals surface area contributed by atoms with Gasteiger partial charge in [0.05, 0.1) is 7.11 Å². The second-order valence-corrected chi connectivity index (χ2v) is 5.09. The van der Waals surface area contributed by atoms with E-state index in [1.165, 1.54) is 4.90 Å². The molecule has 0 saturated heterocycles. The van der Waals surface area contributed by atoms with Crippen LogP contribution in [0.5, 0.6) is 5.75 Å². The molecule has 6 nitrogen and oxygen atoms in total. The van der Waals surface area contributed by atoms with Crippen LogP contribution >= 0.6 is 0 Å². The minimum Gasteiger partial charge on any atom is -0.497 e. The van der Waals surface area contributed by atoms with Crippen LogP contribution in [0, 0.1) is 0 Å². The Bertz CT molecular complexity index is 670. The van der Waals surface area contributed by atoms with Crippen LogP contribution in [-0.2, 0) is 20.9 Å². The van der Waals surface area contributed by atoms with Crippen LogP contribution in [-0.4, -0.2) is 37.2 Å². The zero-order valence-corrected chi connectivity index (χ0v) is 13.3. The van der Waals surface area contributed by atoms with Crippen LogP contribution in [0.25, 0.3) is 0 Å². The summed E-state index contributed by atoms with van der Waals surface area (Å²) in [6, 6.07) is 16.1. The molecule has 0 amide bonds. The van der Waals surface area contributed by atoms with Gasteiger partial charge in [-0.15, -0.1) is 0 Å². The van der Waals surface area contributed by atoms with Crippen molar-refractivity contribution in [3.63, 3.8) is 0 Å². The van der Waals surface area contributed by atoms with E-state index in [1.54, 1.807) is 31.4 Å². The molecule has 2 aromatic rings. The van der Waals surface area contributed by atoms with Crippen molar-refractivity contribution >= 4 is 17.6 Å². The second-order valence-electron chi connectivity index (χ2n) is 5.09. The Kier molecular flexibility index (Phi) is 6.19. The Labute approximate surface area is 140 Å². The summed E-state index contributed by atoms with van der Waals surface area (Å²) < 4.78 is 10.3. The van der Waals surface area contributed by atoms with Crippen molar-refractivity contribution in [2.45, 2.75) is 6.61 Å². The van der Waals surface area contributed by atoms with E-state index < -0.39 is 11.9 Å². The molecule has 0 aliphatic carbocycles. The Morgan fingerprint density at radius 3 is 2.25 bits per heavy atom. The number of carbonyl (C=O) groups excluding carboxylic acids is 1. The van der Waals surface area contributed by atoms with Crippen LogP contribution in [0.1, 0.15) is 5.56 Å². The van der Waals surface area contributed by atoms with Gasteiger partial charge in [0.25, 0.3) is 0 Å². The normalized spacial score (nSPS) is 10.0. The van der Waals surface area contributed by atoms with Gasteiger partial charge in [-0.3, -0.25) is 9.59 Å². The molecule has 24 heavy (non-hydrogen) atoms. The van der Waals surface area contributed by atoms with Gasteiger partial charge in [-0.1, -0.05) is 30.3 Å². The lowest BCUT2D eigenvalue weighted by Crippen LogP contribution is -2.35. The maximum absolute atomic E-state index is 12.0. The highest BCUT2D eigenvalue weighted by molar-refractivity contribution is 5.80. The first-order valence-electron chi connectivity index (χ1n) is 7.39. The monoisotopic (exact) mass is 329 g/mol. The number of carbonyl (C=O) groups is 2. The summed E-state index contributed by atoms with van der Waals surface area (Å²) in [5, 5.41) is 9.05. The fraction of sp³-hybridized carbons (Fsp3) is 0.222. The van der Waals surface area contributed by atoms with Gasteiger partial charge in [0.15, 0.2) is 0 Å². The van der Waals surface area contributed by atoms with Crippen LogP contribution in [0.4, 0.5) is 5.69 Å². The molecule has 0 saturated carbocycles. The first-order chi connectivity index (χ1) is 11.6. The molecule has 0 aliphatic rings. The maximum Gasteiger partial charge on any atom is 0.325 e. The van der Waals surface area contributed by atoms with E-state index in [0.717, 1.165) is 5.56 Å². The highest BCUT2D eigenvalue weighted by Crippen LogP contribution is 2.19. The minimum absolute atomic E-state index is 0.147. The molecule has 0 heterocycles.